The Balaban J connectivity index is 1.82. The summed E-state index contributed by atoms with van der Waals surface area (Å²) < 4.78 is 5.35. The van der Waals surface area contributed by atoms with E-state index in [2.05, 4.69) is 0 Å². The van der Waals surface area contributed by atoms with Crippen molar-refractivity contribution in [1.29, 1.82) is 0 Å². The summed E-state index contributed by atoms with van der Waals surface area (Å²) in [7, 11) is 0. The zero-order valence-corrected chi connectivity index (χ0v) is 13.0. The van der Waals surface area contributed by atoms with Gasteiger partial charge in [0.25, 0.3) is 0 Å². The molecule has 3 nitrogen and oxygen atoms in total. The molecule has 0 aromatic heterocycles. The Kier molecular flexibility index (Phi) is 4.82. The van der Waals surface area contributed by atoms with Crippen molar-refractivity contribution in [3.63, 3.8) is 0 Å². The minimum absolute atomic E-state index is 0.109. The number of para-hydroxylation sites is 1. The third kappa shape index (κ3) is 3.76. The molecule has 3 rings (SSSR count). The van der Waals surface area contributed by atoms with Crippen LogP contribution in [0.25, 0.3) is 0 Å². The summed E-state index contributed by atoms with van der Waals surface area (Å²) in [4.78, 5) is 25.0. The van der Waals surface area contributed by atoms with Gasteiger partial charge in [-0.25, -0.2) is 4.79 Å². The third-order valence-electron chi connectivity index (χ3n) is 3.61. The molecule has 0 heterocycles. The Bertz CT molecular complexity index is 767. The van der Waals surface area contributed by atoms with Crippen LogP contribution >= 0.6 is 0 Å². The van der Waals surface area contributed by atoms with Crippen LogP contribution in [0.3, 0.4) is 0 Å². The van der Waals surface area contributed by atoms with E-state index in [4.69, 9.17) is 4.74 Å². The molecule has 3 aromatic carbocycles. The zero-order chi connectivity index (χ0) is 16.8. The van der Waals surface area contributed by atoms with E-state index >= 15 is 0 Å². The van der Waals surface area contributed by atoms with Gasteiger partial charge in [-0.3, -0.25) is 4.79 Å². The minimum atomic E-state index is -0.529. The molecule has 0 bridgehead atoms. The average Bonchev–Trinajstić information content (AvgIpc) is 2.63. The quantitative estimate of drug-likeness (QED) is 0.400. The number of hydrogen-bond donors (Lipinski definition) is 0. The van der Waals surface area contributed by atoms with Gasteiger partial charge >= 0.3 is 5.97 Å². The van der Waals surface area contributed by atoms with E-state index in [0.29, 0.717) is 11.3 Å². The number of ketones is 1. The lowest BCUT2D eigenvalue weighted by Crippen LogP contribution is -2.15. The van der Waals surface area contributed by atoms with E-state index in [-0.39, 0.29) is 17.8 Å². The molecule has 0 N–H and O–H groups in total. The maximum absolute atomic E-state index is 12.6. The Hall–Kier alpha value is -3.20. The maximum Gasteiger partial charge on any atom is 0.344 e. The second kappa shape index (κ2) is 7.38. The molecule has 0 radical (unpaired) electrons. The summed E-state index contributed by atoms with van der Waals surface area (Å²) in [5, 5.41) is 0. The largest absolute Gasteiger partial charge is 0.423 e. The lowest BCUT2D eigenvalue weighted by atomic mass is 9.98. The SMILES string of the molecule is O=C(Cc1ccccc1)c1ccccc1C(=O)Oc1ccccc1. The molecule has 0 aliphatic carbocycles. The van der Waals surface area contributed by atoms with Crippen molar-refractivity contribution in [3.05, 3.63) is 102 Å². The second-order valence-electron chi connectivity index (χ2n) is 5.33. The van der Waals surface area contributed by atoms with E-state index in [0.717, 1.165) is 5.56 Å². The summed E-state index contributed by atoms with van der Waals surface area (Å²) in [6, 6.07) is 25.0. The Morgan fingerprint density at radius 3 is 1.88 bits per heavy atom. The van der Waals surface area contributed by atoms with Crippen molar-refractivity contribution in [3.8, 4) is 5.75 Å². The molecule has 0 atom stereocenters. The first-order valence-electron chi connectivity index (χ1n) is 7.67. The molecule has 0 aliphatic rings. The summed E-state index contributed by atoms with van der Waals surface area (Å²) in [5.74, 6) is -0.187. The van der Waals surface area contributed by atoms with E-state index < -0.39 is 5.97 Å². The summed E-state index contributed by atoms with van der Waals surface area (Å²) in [6.07, 6.45) is 0.246. The smallest absolute Gasteiger partial charge is 0.344 e. The highest BCUT2D eigenvalue weighted by Gasteiger charge is 2.18. The number of rotatable bonds is 5. The minimum Gasteiger partial charge on any atom is -0.423 e. The Labute approximate surface area is 140 Å². The molecule has 0 unspecified atom stereocenters. The molecule has 0 fully saturated rings. The van der Waals surface area contributed by atoms with Gasteiger partial charge < -0.3 is 4.74 Å². The Morgan fingerprint density at radius 1 is 0.667 bits per heavy atom. The van der Waals surface area contributed by atoms with Crippen LogP contribution in [0.5, 0.6) is 5.75 Å². The number of carbonyl (C=O) groups excluding carboxylic acids is 2. The van der Waals surface area contributed by atoms with Crippen LogP contribution in [0, 0.1) is 0 Å². The number of carbonyl (C=O) groups is 2. The number of hydrogen-bond acceptors (Lipinski definition) is 3. The molecule has 3 heteroatoms. The number of benzene rings is 3. The lowest BCUT2D eigenvalue weighted by molar-refractivity contribution is 0.0729. The molecule has 118 valence electrons. The van der Waals surface area contributed by atoms with Crippen LogP contribution in [0.15, 0.2) is 84.9 Å². The monoisotopic (exact) mass is 316 g/mol. The van der Waals surface area contributed by atoms with Crippen LogP contribution in [0.2, 0.25) is 0 Å². The number of ether oxygens (including phenoxy) is 1. The predicted molar refractivity (Wildman–Crippen MR) is 92.3 cm³/mol. The fourth-order valence-electron chi connectivity index (χ4n) is 2.43. The molecular weight excluding hydrogens is 300 g/mol. The van der Waals surface area contributed by atoms with Crippen molar-refractivity contribution in [1.82, 2.24) is 0 Å². The molecule has 0 saturated heterocycles. The second-order valence-corrected chi connectivity index (χ2v) is 5.33. The molecule has 24 heavy (non-hydrogen) atoms. The van der Waals surface area contributed by atoms with Crippen molar-refractivity contribution < 1.29 is 14.3 Å². The van der Waals surface area contributed by atoms with Gasteiger partial charge in [0.2, 0.25) is 0 Å². The van der Waals surface area contributed by atoms with Crippen LogP contribution in [0.4, 0.5) is 0 Å². The highest BCUT2D eigenvalue weighted by molar-refractivity contribution is 6.07. The van der Waals surface area contributed by atoms with Crippen molar-refractivity contribution in [2.24, 2.45) is 0 Å². The summed E-state index contributed by atoms with van der Waals surface area (Å²) in [5.41, 5.74) is 1.57. The fraction of sp³-hybridized carbons (Fsp3) is 0.0476. The molecule has 0 aliphatic heterocycles. The van der Waals surface area contributed by atoms with E-state index in [9.17, 15) is 9.59 Å². The summed E-state index contributed by atoms with van der Waals surface area (Å²) in [6.45, 7) is 0. The van der Waals surface area contributed by atoms with Crippen LogP contribution in [0.1, 0.15) is 26.3 Å². The summed E-state index contributed by atoms with van der Waals surface area (Å²) >= 11 is 0. The van der Waals surface area contributed by atoms with Crippen molar-refractivity contribution in [2.75, 3.05) is 0 Å². The van der Waals surface area contributed by atoms with Gasteiger partial charge in [0.1, 0.15) is 5.75 Å². The first-order chi connectivity index (χ1) is 11.7. The van der Waals surface area contributed by atoms with Gasteiger partial charge in [-0.05, 0) is 23.8 Å². The Morgan fingerprint density at radius 2 is 1.21 bits per heavy atom. The fourth-order valence-corrected chi connectivity index (χ4v) is 2.43. The maximum atomic E-state index is 12.6. The van der Waals surface area contributed by atoms with E-state index in [1.54, 1.807) is 48.5 Å². The van der Waals surface area contributed by atoms with Crippen LogP contribution in [-0.4, -0.2) is 11.8 Å². The van der Waals surface area contributed by atoms with E-state index in [1.165, 1.54) is 0 Å². The highest BCUT2D eigenvalue weighted by atomic mass is 16.5. The molecule has 0 spiro atoms. The molecule has 0 amide bonds. The highest BCUT2D eigenvalue weighted by Crippen LogP contribution is 2.17. The average molecular weight is 316 g/mol. The lowest BCUT2D eigenvalue weighted by Gasteiger charge is -2.09. The molecular formula is C21H16O3. The van der Waals surface area contributed by atoms with Gasteiger partial charge in [0.05, 0.1) is 5.56 Å². The van der Waals surface area contributed by atoms with Gasteiger partial charge in [0, 0.05) is 12.0 Å². The first-order valence-corrected chi connectivity index (χ1v) is 7.67. The normalized spacial score (nSPS) is 10.2. The number of Topliss-reactive ketones (excluding diaryl/α,β-unsaturated/α-hetero) is 1. The molecule has 3 aromatic rings. The number of esters is 1. The van der Waals surface area contributed by atoms with Crippen molar-refractivity contribution >= 4 is 11.8 Å². The molecule has 0 saturated carbocycles. The predicted octanol–water partition coefficient (Wildman–Crippen LogP) is 4.33. The topological polar surface area (TPSA) is 43.4 Å². The van der Waals surface area contributed by atoms with Gasteiger partial charge in [-0.15, -0.1) is 0 Å². The van der Waals surface area contributed by atoms with Crippen molar-refractivity contribution in [2.45, 2.75) is 6.42 Å². The van der Waals surface area contributed by atoms with Gasteiger partial charge in [0.15, 0.2) is 5.78 Å². The first kappa shape index (κ1) is 15.7. The van der Waals surface area contributed by atoms with Crippen LogP contribution in [-0.2, 0) is 6.42 Å². The van der Waals surface area contributed by atoms with Crippen LogP contribution < -0.4 is 4.74 Å². The standard InChI is InChI=1S/C21H16O3/c22-20(15-16-9-3-1-4-10-16)18-13-7-8-14-19(18)21(23)24-17-11-5-2-6-12-17/h1-14H,15H2. The van der Waals surface area contributed by atoms with Gasteiger partial charge in [-0.2, -0.15) is 0 Å². The van der Waals surface area contributed by atoms with E-state index in [1.807, 2.05) is 36.4 Å². The third-order valence-corrected chi connectivity index (χ3v) is 3.61. The zero-order valence-electron chi connectivity index (χ0n) is 13.0. The van der Waals surface area contributed by atoms with Gasteiger partial charge in [-0.1, -0.05) is 66.7 Å².